The number of hydroxylamine groups is 2. The van der Waals surface area contributed by atoms with Gasteiger partial charge in [0.2, 0.25) is 0 Å². The minimum atomic E-state index is -5.40. The van der Waals surface area contributed by atoms with Crippen LogP contribution in [0.5, 0.6) is 0 Å². The second-order valence-corrected chi connectivity index (χ2v) is 11.0. The van der Waals surface area contributed by atoms with E-state index in [1.54, 1.807) is 18.5 Å². The summed E-state index contributed by atoms with van der Waals surface area (Å²) in [5, 5.41) is 9.63. The van der Waals surface area contributed by atoms with Crippen molar-refractivity contribution < 1.29 is 42.5 Å². The summed E-state index contributed by atoms with van der Waals surface area (Å²) in [6.07, 6.45) is -1.13. The van der Waals surface area contributed by atoms with E-state index in [9.17, 15) is 37.7 Å². The molecule has 44 heavy (non-hydrogen) atoms. The molecule has 1 N–H and O–H groups in total. The third kappa shape index (κ3) is 6.21. The van der Waals surface area contributed by atoms with Crippen molar-refractivity contribution in [3.05, 3.63) is 88.0 Å². The Morgan fingerprint density at radius 2 is 1.75 bits per heavy atom. The van der Waals surface area contributed by atoms with Crippen molar-refractivity contribution in [3.63, 3.8) is 0 Å². The summed E-state index contributed by atoms with van der Waals surface area (Å²) in [6, 6.07) is 13.2. The van der Waals surface area contributed by atoms with Gasteiger partial charge in [0.05, 0.1) is 11.5 Å². The molecule has 3 aromatic rings. The third-order valence-corrected chi connectivity index (χ3v) is 8.02. The summed E-state index contributed by atoms with van der Waals surface area (Å²) >= 11 is 5.92. The van der Waals surface area contributed by atoms with Crippen LogP contribution in [-0.2, 0) is 21.0 Å². The zero-order valence-corrected chi connectivity index (χ0v) is 23.9. The normalized spacial score (nSPS) is 19.2. The van der Waals surface area contributed by atoms with Gasteiger partial charge in [-0.1, -0.05) is 29.8 Å². The van der Waals surface area contributed by atoms with E-state index in [4.69, 9.17) is 16.4 Å². The van der Waals surface area contributed by atoms with Crippen molar-refractivity contribution >= 4 is 46.4 Å². The topological polar surface area (TPSA) is 120 Å². The minimum absolute atomic E-state index is 0.00842. The van der Waals surface area contributed by atoms with Crippen molar-refractivity contribution in [1.29, 1.82) is 0 Å². The van der Waals surface area contributed by atoms with Crippen LogP contribution in [0.3, 0.4) is 0 Å². The quantitative estimate of drug-likeness (QED) is 0.299. The molecule has 1 unspecified atom stereocenters. The fourth-order valence-corrected chi connectivity index (χ4v) is 5.82. The molecule has 2 aromatic carbocycles. The molecule has 230 valence electrons. The number of pyridine rings is 1. The number of anilines is 1. The lowest BCUT2D eigenvalue weighted by Crippen LogP contribution is -2.61. The first kappa shape index (κ1) is 30.9. The van der Waals surface area contributed by atoms with Crippen LogP contribution < -0.4 is 9.55 Å². The molecule has 1 atom stereocenters. The molecule has 2 aliphatic heterocycles. The molecule has 0 bridgehead atoms. The highest BCUT2D eigenvalue weighted by atomic mass is 35.5. The molecule has 5 rings (SSSR count). The molecule has 0 radical (unpaired) electrons. The van der Waals surface area contributed by atoms with Gasteiger partial charge in [-0.3, -0.25) is 14.6 Å². The number of carbonyl (C=O) groups is 3. The number of hydrogen-bond acceptors (Lipinski definition) is 7. The fraction of sp³-hybridized carbons (Fsp3) is 0.310. The van der Waals surface area contributed by atoms with E-state index in [0.717, 1.165) is 16.7 Å². The number of para-hydroxylation sites is 1. The second kappa shape index (κ2) is 12.2. The largest absolute Gasteiger partial charge is 0.497 e. The molecule has 1 saturated heterocycles. The van der Waals surface area contributed by atoms with Crippen LogP contribution in [0, 0.1) is 10.8 Å². The van der Waals surface area contributed by atoms with Gasteiger partial charge in [-0.25, -0.2) is 14.8 Å². The second-order valence-electron chi connectivity index (χ2n) is 10.6. The van der Waals surface area contributed by atoms with Crippen LogP contribution in [0.25, 0.3) is 0 Å². The monoisotopic (exact) mass is 633 g/mol. The lowest BCUT2D eigenvalue weighted by atomic mass is 9.95. The van der Waals surface area contributed by atoms with Crippen molar-refractivity contribution in [2.24, 2.45) is 5.92 Å². The number of alkyl halides is 3. The first-order chi connectivity index (χ1) is 20.9. The predicted molar refractivity (Wildman–Crippen MR) is 151 cm³/mol. The summed E-state index contributed by atoms with van der Waals surface area (Å²) in [4.78, 5) is 63.6. The molecule has 0 saturated carbocycles. The lowest BCUT2D eigenvalue weighted by molar-refractivity contribution is -0.729. The van der Waals surface area contributed by atoms with E-state index in [1.807, 2.05) is 12.1 Å². The number of amides is 2. The Balaban J connectivity index is 1.51. The molecule has 0 spiro atoms. The average Bonchev–Trinajstić information content (AvgIpc) is 3.11. The van der Waals surface area contributed by atoms with Crippen LogP contribution >= 0.6 is 11.6 Å². The van der Waals surface area contributed by atoms with Crippen molar-refractivity contribution in [2.75, 3.05) is 31.1 Å². The zero-order chi connectivity index (χ0) is 31.6. The average molecular weight is 634 g/mol. The lowest BCUT2D eigenvalue weighted by Gasteiger charge is -2.38. The van der Waals surface area contributed by atoms with Gasteiger partial charge >= 0.3 is 23.7 Å². The van der Waals surface area contributed by atoms with Gasteiger partial charge in [-0.15, -0.1) is 0 Å². The van der Waals surface area contributed by atoms with Crippen LogP contribution in [0.4, 0.5) is 30.2 Å². The maximum Gasteiger partial charge on any atom is 0.497 e. The molecule has 0 aliphatic carbocycles. The molecule has 2 amide bonds. The van der Waals surface area contributed by atoms with Crippen LogP contribution in [0.15, 0.2) is 67.0 Å². The smallest absolute Gasteiger partial charge is 0.371 e. The molecular formula is C29H27ClF3N5O6+2. The van der Waals surface area contributed by atoms with Gasteiger partial charge in [0, 0.05) is 59.8 Å². The number of fused-ring (bicyclic) bond motifs is 1. The highest BCUT2D eigenvalue weighted by molar-refractivity contribution is 6.31. The molecule has 15 heteroatoms. The number of nitrogens with zero attached hydrogens (tertiary/aromatic N) is 5. The minimum Gasteiger partial charge on any atom is -0.371 e. The summed E-state index contributed by atoms with van der Waals surface area (Å²) in [5.74, 6) is -4.74. The Hall–Kier alpha value is -4.56. The van der Waals surface area contributed by atoms with Gasteiger partial charge < -0.3 is 9.80 Å². The first-order valence-electron chi connectivity index (χ1n) is 13.6. The molecule has 3 heterocycles. The molecule has 2 aliphatic rings. The summed E-state index contributed by atoms with van der Waals surface area (Å²) in [7, 11) is 0. The molecule has 1 fully saturated rings. The molecule has 11 nitrogen and oxygen atoms in total. The number of rotatable bonds is 6. The first-order valence-corrected chi connectivity index (χ1v) is 14.0. The van der Waals surface area contributed by atoms with E-state index >= 15 is 0 Å². The van der Waals surface area contributed by atoms with Crippen LogP contribution in [0.1, 0.15) is 28.8 Å². The van der Waals surface area contributed by atoms with Gasteiger partial charge in [0.1, 0.15) is 18.7 Å². The number of halogens is 4. The number of quaternary nitrogens is 1. The van der Waals surface area contributed by atoms with Gasteiger partial charge in [0.25, 0.3) is 10.8 Å². The standard InChI is InChI=1S/C29H27ClF3N5O6/c30-21-5-6-23(24(15-21)37(42)43)27(40)36-16-20-3-1-2-4-25(20)38(26(39)17-36,44-28(41)29(31,32)33)18-19-9-13-35(14-10-19)22-7-11-34-12-8-22/h1-8,11-12,15,19H,9-10,13-14,16-18H2,(H,42,43)/q+2. The van der Waals surface area contributed by atoms with E-state index in [1.165, 1.54) is 30.3 Å². The Kier molecular flexibility index (Phi) is 8.57. The van der Waals surface area contributed by atoms with Gasteiger partial charge in [-0.2, -0.15) is 13.2 Å². The number of carbonyl (C=O) groups excluding carboxylic acids is 3. The molecular weight excluding hydrogens is 607 g/mol. The summed E-state index contributed by atoms with van der Waals surface area (Å²) in [5.41, 5.74) is 0.392. The van der Waals surface area contributed by atoms with Gasteiger partial charge in [0.15, 0.2) is 5.69 Å². The van der Waals surface area contributed by atoms with E-state index in [0.29, 0.717) is 25.9 Å². The zero-order valence-electron chi connectivity index (χ0n) is 23.1. The third-order valence-electron chi connectivity index (χ3n) is 7.78. The SMILES string of the molecule is O=C(c1ccc(Cl)cc1[N+](=O)O)N1CC(=O)[N+](CC2CCN(c3ccncc3)CC2)(OC(=O)C(F)(F)F)c2ccccc2C1. The van der Waals surface area contributed by atoms with Crippen LogP contribution in [0.2, 0.25) is 5.02 Å². The highest BCUT2D eigenvalue weighted by Gasteiger charge is 2.56. The fourth-order valence-electron chi connectivity index (χ4n) is 5.65. The summed E-state index contributed by atoms with van der Waals surface area (Å²) in [6.45, 7) is -0.248. The van der Waals surface area contributed by atoms with Crippen molar-refractivity contribution in [1.82, 2.24) is 14.5 Å². The number of piperidine rings is 1. The summed E-state index contributed by atoms with van der Waals surface area (Å²) < 4.78 is 39.5. The number of benzene rings is 2. The highest BCUT2D eigenvalue weighted by Crippen LogP contribution is 2.38. The number of hydrogen-bond donors (Lipinski definition) is 1. The van der Waals surface area contributed by atoms with E-state index in [-0.39, 0.29) is 40.8 Å². The van der Waals surface area contributed by atoms with Gasteiger partial charge in [-0.05, 0) is 41.8 Å². The van der Waals surface area contributed by atoms with Crippen molar-refractivity contribution in [2.45, 2.75) is 25.6 Å². The Morgan fingerprint density at radius 1 is 1.07 bits per heavy atom. The Morgan fingerprint density at radius 3 is 2.41 bits per heavy atom. The Bertz CT molecular complexity index is 1600. The van der Waals surface area contributed by atoms with E-state index < -0.39 is 45.8 Å². The van der Waals surface area contributed by atoms with Crippen molar-refractivity contribution in [3.8, 4) is 0 Å². The molecule has 1 aromatic heterocycles. The maximum absolute atomic E-state index is 14.1. The Labute approximate surface area is 254 Å². The number of aromatic nitrogens is 1. The van der Waals surface area contributed by atoms with E-state index in [2.05, 4.69) is 9.88 Å². The van der Waals surface area contributed by atoms with Crippen LogP contribution in [-0.4, -0.2) is 70.2 Å². The maximum atomic E-state index is 14.1. The predicted octanol–water partition coefficient (Wildman–Crippen LogP) is 4.96.